The molecule has 0 atom stereocenters. The third kappa shape index (κ3) is 2.14. The number of aryl methyl sites for hydroxylation is 1. The van der Waals surface area contributed by atoms with Gasteiger partial charge in [-0.15, -0.1) is 0 Å². The Morgan fingerprint density at radius 1 is 1.15 bits per heavy atom. The van der Waals surface area contributed by atoms with Gasteiger partial charge in [0.2, 0.25) is 0 Å². The lowest BCUT2D eigenvalue weighted by Crippen LogP contribution is -1.96. The molecule has 2 nitrogen and oxygen atoms in total. The summed E-state index contributed by atoms with van der Waals surface area (Å²) in [6.07, 6.45) is 2.83. The maximum Gasteiger partial charge on any atom is 0.123 e. The molecule has 0 aliphatic heterocycles. The molecule has 0 unspecified atom stereocenters. The van der Waals surface area contributed by atoms with Gasteiger partial charge in [0.15, 0.2) is 0 Å². The van der Waals surface area contributed by atoms with E-state index in [0.29, 0.717) is 6.10 Å². The zero-order chi connectivity index (χ0) is 9.26. The molecule has 0 heterocycles. The number of ether oxygens (including phenoxy) is 2. The van der Waals surface area contributed by atoms with Gasteiger partial charge in [0.25, 0.3) is 0 Å². The molecule has 0 radical (unpaired) electrons. The summed E-state index contributed by atoms with van der Waals surface area (Å²) in [6.45, 7) is 2.04. The second-order valence-corrected chi connectivity index (χ2v) is 3.50. The van der Waals surface area contributed by atoms with Crippen molar-refractivity contribution in [1.82, 2.24) is 0 Å². The number of hydrogen-bond donors (Lipinski definition) is 0. The average molecular weight is 178 g/mol. The molecule has 1 aromatic carbocycles. The van der Waals surface area contributed by atoms with Gasteiger partial charge in [-0.1, -0.05) is 0 Å². The van der Waals surface area contributed by atoms with Gasteiger partial charge in [-0.25, -0.2) is 0 Å². The van der Waals surface area contributed by atoms with Crippen molar-refractivity contribution < 1.29 is 9.47 Å². The van der Waals surface area contributed by atoms with Crippen LogP contribution in [-0.4, -0.2) is 13.2 Å². The Labute approximate surface area is 78.5 Å². The summed E-state index contributed by atoms with van der Waals surface area (Å²) in [7, 11) is 1.68. The summed E-state index contributed by atoms with van der Waals surface area (Å²) >= 11 is 0. The summed E-state index contributed by atoms with van der Waals surface area (Å²) in [6, 6.07) is 5.98. The summed E-state index contributed by atoms with van der Waals surface area (Å²) < 4.78 is 10.8. The van der Waals surface area contributed by atoms with Crippen LogP contribution in [0.1, 0.15) is 18.4 Å². The Kier molecular flexibility index (Phi) is 2.13. The second kappa shape index (κ2) is 3.29. The molecule has 0 N–H and O–H groups in total. The van der Waals surface area contributed by atoms with Crippen LogP contribution in [0.25, 0.3) is 0 Å². The van der Waals surface area contributed by atoms with Gasteiger partial charge in [-0.3, -0.25) is 0 Å². The predicted molar refractivity (Wildman–Crippen MR) is 51.4 cm³/mol. The smallest absolute Gasteiger partial charge is 0.123 e. The van der Waals surface area contributed by atoms with Crippen LogP contribution < -0.4 is 9.47 Å². The molecule has 1 aliphatic rings. The first-order chi connectivity index (χ1) is 6.28. The number of benzene rings is 1. The standard InChI is InChI=1S/C11H14O2/c1-8-5-10(12-2)7-11(6-8)13-9-3-4-9/h5-7,9H,3-4H2,1-2H3. The molecule has 1 saturated carbocycles. The maximum absolute atomic E-state index is 5.67. The van der Waals surface area contributed by atoms with Crippen LogP contribution in [0.3, 0.4) is 0 Å². The van der Waals surface area contributed by atoms with Gasteiger partial charge >= 0.3 is 0 Å². The van der Waals surface area contributed by atoms with Crippen molar-refractivity contribution in [2.45, 2.75) is 25.9 Å². The largest absolute Gasteiger partial charge is 0.497 e. The van der Waals surface area contributed by atoms with Crippen molar-refractivity contribution in [3.8, 4) is 11.5 Å². The summed E-state index contributed by atoms with van der Waals surface area (Å²) in [5, 5.41) is 0. The molecule has 0 aromatic heterocycles. The minimum absolute atomic E-state index is 0.450. The van der Waals surface area contributed by atoms with Gasteiger partial charge < -0.3 is 9.47 Å². The van der Waals surface area contributed by atoms with Crippen molar-refractivity contribution >= 4 is 0 Å². The number of methoxy groups -OCH3 is 1. The average Bonchev–Trinajstić information content (AvgIpc) is 2.87. The van der Waals surface area contributed by atoms with Gasteiger partial charge in [-0.2, -0.15) is 0 Å². The topological polar surface area (TPSA) is 18.5 Å². The Hall–Kier alpha value is -1.18. The van der Waals surface area contributed by atoms with Crippen LogP contribution in [-0.2, 0) is 0 Å². The van der Waals surface area contributed by atoms with E-state index < -0.39 is 0 Å². The van der Waals surface area contributed by atoms with Gasteiger partial charge in [0.1, 0.15) is 11.5 Å². The fourth-order valence-corrected chi connectivity index (χ4v) is 1.28. The quantitative estimate of drug-likeness (QED) is 0.708. The molecular formula is C11H14O2. The number of rotatable bonds is 3. The van der Waals surface area contributed by atoms with E-state index in [1.165, 1.54) is 18.4 Å². The van der Waals surface area contributed by atoms with E-state index in [1.54, 1.807) is 7.11 Å². The van der Waals surface area contributed by atoms with Crippen molar-refractivity contribution in [2.24, 2.45) is 0 Å². The van der Waals surface area contributed by atoms with Crippen LogP contribution in [0.15, 0.2) is 18.2 Å². The Balaban J connectivity index is 2.17. The number of hydrogen-bond acceptors (Lipinski definition) is 2. The highest BCUT2D eigenvalue weighted by Gasteiger charge is 2.23. The third-order valence-electron chi connectivity index (χ3n) is 2.09. The first-order valence-electron chi connectivity index (χ1n) is 4.60. The molecule has 1 aromatic rings. The fraction of sp³-hybridized carbons (Fsp3) is 0.455. The molecule has 1 fully saturated rings. The van der Waals surface area contributed by atoms with Gasteiger partial charge in [0, 0.05) is 6.07 Å². The van der Waals surface area contributed by atoms with Crippen LogP contribution in [0.5, 0.6) is 11.5 Å². The molecule has 13 heavy (non-hydrogen) atoms. The Morgan fingerprint density at radius 3 is 2.46 bits per heavy atom. The molecular weight excluding hydrogens is 164 g/mol. The van der Waals surface area contributed by atoms with Gasteiger partial charge in [-0.05, 0) is 37.5 Å². The van der Waals surface area contributed by atoms with E-state index in [9.17, 15) is 0 Å². The summed E-state index contributed by atoms with van der Waals surface area (Å²) in [4.78, 5) is 0. The van der Waals surface area contributed by atoms with E-state index in [-0.39, 0.29) is 0 Å². The molecule has 1 aliphatic carbocycles. The summed E-state index contributed by atoms with van der Waals surface area (Å²) in [5.41, 5.74) is 1.18. The lowest BCUT2D eigenvalue weighted by atomic mass is 10.2. The normalized spacial score (nSPS) is 15.5. The van der Waals surface area contributed by atoms with Crippen molar-refractivity contribution in [1.29, 1.82) is 0 Å². The zero-order valence-corrected chi connectivity index (χ0v) is 8.04. The second-order valence-electron chi connectivity index (χ2n) is 3.50. The molecule has 2 heteroatoms. The lowest BCUT2D eigenvalue weighted by molar-refractivity contribution is 0.300. The van der Waals surface area contributed by atoms with Crippen LogP contribution in [0.2, 0.25) is 0 Å². The first kappa shape index (κ1) is 8.42. The van der Waals surface area contributed by atoms with E-state index >= 15 is 0 Å². The molecule has 0 spiro atoms. The highest BCUT2D eigenvalue weighted by Crippen LogP contribution is 2.29. The van der Waals surface area contributed by atoms with E-state index in [0.717, 1.165) is 11.5 Å². The fourth-order valence-electron chi connectivity index (χ4n) is 1.28. The molecule has 0 bridgehead atoms. The third-order valence-corrected chi connectivity index (χ3v) is 2.09. The zero-order valence-electron chi connectivity index (χ0n) is 8.04. The minimum atomic E-state index is 0.450. The van der Waals surface area contributed by atoms with Crippen LogP contribution in [0, 0.1) is 6.92 Å². The molecule has 2 rings (SSSR count). The van der Waals surface area contributed by atoms with E-state index in [2.05, 4.69) is 0 Å². The van der Waals surface area contributed by atoms with Crippen LogP contribution in [0.4, 0.5) is 0 Å². The van der Waals surface area contributed by atoms with Crippen molar-refractivity contribution in [2.75, 3.05) is 7.11 Å². The van der Waals surface area contributed by atoms with Crippen molar-refractivity contribution in [3.63, 3.8) is 0 Å². The van der Waals surface area contributed by atoms with E-state index in [4.69, 9.17) is 9.47 Å². The Bertz CT molecular complexity index is 303. The molecule has 70 valence electrons. The summed E-state index contributed by atoms with van der Waals surface area (Å²) in [5.74, 6) is 1.80. The van der Waals surface area contributed by atoms with Gasteiger partial charge in [0.05, 0.1) is 13.2 Å². The highest BCUT2D eigenvalue weighted by molar-refractivity contribution is 5.38. The van der Waals surface area contributed by atoms with Crippen molar-refractivity contribution in [3.05, 3.63) is 23.8 Å². The van der Waals surface area contributed by atoms with E-state index in [1.807, 2.05) is 25.1 Å². The lowest BCUT2D eigenvalue weighted by Gasteiger charge is -2.07. The minimum Gasteiger partial charge on any atom is -0.497 e. The van der Waals surface area contributed by atoms with Crippen LogP contribution >= 0.6 is 0 Å². The predicted octanol–water partition coefficient (Wildman–Crippen LogP) is 2.54. The molecule has 0 amide bonds. The first-order valence-corrected chi connectivity index (χ1v) is 4.60. The maximum atomic E-state index is 5.67. The Morgan fingerprint density at radius 2 is 1.85 bits per heavy atom. The monoisotopic (exact) mass is 178 g/mol. The molecule has 0 saturated heterocycles. The SMILES string of the molecule is COc1cc(C)cc(OC2CC2)c1. The highest BCUT2D eigenvalue weighted by atomic mass is 16.5.